The van der Waals surface area contributed by atoms with Gasteiger partial charge in [-0.2, -0.15) is 0 Å². The third-order valence-corrected chi connectivity index (χ3v) is 13.7. The van der Waals surface area contributed by atoms with E-state index in [0.717, 1.165) is 75.1 Å². The zero-order valence-corrected chi connectivity index (χ0v) is 37.9. The summed E-state index contributed by atoms with van der Waals surface area (Å²) >= 11 is 2.95. The molecule has 4 unspecified atom stereocenters. The Kier molecular flexibility index (Phi) is 18.9. The van der Waals surface area contributed by atoms with E-state index in [2.05, 4.69) is 20.0 Å². The quantitative estimate of drug-likeness (QED) is 0.0986. The van der Waals surface area contributed by atoms with E-state index in [-0.39, 0.29) is 24.5 Å². The first-order valence-electron chi connectivity index (χ1n) is 22.6. The van der Waals surface area contributed by atoms with E-state index in [9.17, 15) is 27.9 Å². The fourth-order valence-corrected chi connectivity index (χ4v) is 10.2. The topological polar surface area (TPSA) is 150 Å². The van der Waals surface area contributed by atoms with Gasteiger partial charge in [-0.25, -0.2) is 29.2 Å². The molecule has 0 spiro atoms. The molecular formula is C46H59F3N4O10S2. The van der Waals surface area contributed by atoms with Gasteiger partial charge in [0.2, 0.25) is 0 Å². The molecule has 5 aliphatic rings. The van der Waals surface area contributed by atoms with Gasteiger partial charge in [-0.05, 0) is 124 Å². The van der Waals surface area contributed by atoms with Gasteiger partial charge in [-0.15, -0.1) is 13.2 Å². The lowest BCUT2D eigenvalue weighted by molar-refractivity contribution is -0.274. The lowest BCUT2D eigenvalue weighted by Crippen LogP contribution is -2.36. The average Bonchev–Trinajstić information content (AvgIpc) is 3.66. The molecule has 1 saturated carbocycles. The van der Waals surface area contributed by atoms with Gasteiger partial charge in [0.1, 0.15) is 23.7 Å². The SMILES string of the molecule is O=C(NOC1CCCCO1)c1ccccc1SN1CC(O)C(Oc2ccc(OC(F)(F)F)cc2)C1.O=C(NOC1CCCCO1)c1ccccc1SN1CCC(OC2CCCCC2)CC1. The number of piperidine rings is 1. The summed E-state index contributed by atoms with van der Waals surface area (Å²) in [5, 5.41) is 10.4. The normalized spacial score (nSPS) is 23.8. The van der Waals surface area contributed by atoms with Crippen LogP contribution >= 0.6 is 23.9 Å². The van der Waals surface area contributed by atoms with Crippen LogP contribution in [-0.2, 0) is 23.9 Å². The fraction of sp³-hybridized carbons (Fsp3) is 0.565. The number of nitrogens with zero attached hydrogens (tertiary/aromatic N) is 2. The van der Waals surface area contributed by atoms with E-state index in [0.29, 0.717) is 60.2 Å². The molecule has 4 saturated heterocycles. The van der Waals surface area contributed by atoms with Crippen molar-refractivity contribution in [3.8, 4) is 11.5 Å². The van der Waals surface area contributed by atoms with Gasteiger partial charge in [-0.3, -0.25) is 9.59 Å². The fourth-order valence-electron chi connectivity index (χ4n) is 8.04. The summed E-state index contributed by atoms with van der Waals surface area (Å²) in [6, 6.07) is 19.7. The third kappa shape index (κ3) is 16.0. The Morgan fingerprint density at radius 2 is 1.14 bits per heavy atom. The molecule has 0 aromatic heterocycles. The average molecular weight is 949 g/mol. The number of ether oxygens (including phenoxy) is 5. The molecule has 356 valence electrons. The first-order valence-corrected chi connectivity index (χ1v) is 24.1. The summed E-state index contributed by atoms with van der Waals surface area (Å²) in [6.45, 7) is 3.84. The first kappa shape index (κ1) is 49.3. The predicted octanol–water partition coefficient (Wildman–Crippen LogP) is 8.60. The Balaban J connectivity index is 0.000000196. The maximum atomic E-state index is 12.7. The number of carbonyl (C=O) groups excluding carboxylic acids is 2. The van der Waals surface area contributed by atoms with Crippen LogP contribution in [0.1, 0.15) is 104 Å². The molecule has 4 aliphatic heterocycles. The van der Waals surface area contributed by atoms with Crippen LogP contribution in [0.15, 0.2) is 82.6 Å². The zero-order valence-electron chi connectivity index (χ0n) is 36.3. The number of benzene rings is 3. The second kappa shape index (κ2) is 24.9. The second-order valence-corrected chi connectivity index (χ2v) is 18.8. The molecule has 19 heteroatoms. The van der Waals surface area contributed by atoms with Crippen LogP contribution in [-0.4, -0.2) is 108 Å². The van der Waals surface area contributed by atoms with Gasteiger partial charge in [0, 0.05) is 62.0 Å². The minimum atomic E-state index is -4.77. The monoisotopic (exact) mass is 948 g/mol. The van der Waals surface area contributed by atoms with Gasteiger partial charge in [0.15, 0.2) is 12.6 Å². The van der Waals surface area contributed by atoms with Gasteiger partial charge in [0.25, 0.3) is 11.8 Å². The molecule has 5 fully saturated rings. The molecule has 4 heterocycles. The van der Waals surface area contributed by atoms with E-state index in [1.165, 1.54) is 56.2 Å². The molecule has 65 heavy (non-hydrogen) atoms. The minimum Gasteiger partial charge on any atom is -0.486 e. The highest BCUT2D eigenvalue weighted by molar-refractivity contribution is 7.97. The lowest BCUT2D eigenvalue weighted by Gasteiger charge is -2.34. The molecule has 3 aromatic carbocycles. The number of hydrogen-bond donors (Lipinski definition) is 3. The first-order chi connectivity index (χ1) is 31.5. The molecular weight excluding hydrogens is 890 g/mol. The van der Waals surface area contributed by atoms with Crippen molar-refractivity contribution in [1.82, 2.24) is 19.6 Å². The summed E-state index contributed by atoms with van der Waals surface area (Å²) in [4.78, 5) is 37.8. The number of carbonyl (C=O) groups is 2. The van der Waals surface area contributed by atoms with Crippen LogP contribution in [0.2, 0.25) is 0 Å². The van der Waals surface area contributed by atoms with Crippen LogP contribution in [0.25, 0.3) is 0 Å². The number of amides is 2. The number of rotatable bonds is 15. The maximum Gasteiger partial charge on any atom is 0.573 e. The molecule has 3 N–H and O–H groups in total. The minimum absolute atomic E-state index is 0.220. The van der Waals surface area contributed by atoms with E-state index in [1.807, 2.05) is 28.6 Å². The smallest absolute Gasteiger partial charge is 0.486 e. The van der Waals surface area contributed by atoms with Crippen molar-refractivity contribution < 1.29 is 61.2 Å². The third-order valence-electron chi connectivity index (χ3n) is 11.4. The molecule has 2 amide bonds. The summed E-state index contributed by atoms with van der Waals surface area (Å²) in [5.41, 5.74) is 6.08. The van der Waals surface area contributed by atoms with Crippen molar-refractivity contribution >= 4 is 35.7 Å². The number of β-amino-alcohol motifs (C(OH)–C–C–N with tert-alkyl or cyclic N) is 1. The van der Waals surface area contributed by atoms with Gasteiger partial charge in [0.05, 0.1) is 23.3 Å². The summed E-state index contributed by atoms with van der Waals surface area (Å²) in [7, 11) is 0. The molecule has 8 rings (SSSR count). The van der Waals surface area contributed by atoms with Crippen molar-refractivity contribution in [1.29, 1.82) is 0 Å². The van der Waals surface area contributed by atoms with Crippen molar-refractivity contribution in [2.75, 3.05) is 39.4 Å². The molecule has 3 aromatic rings. The van der Waals surface area contributed by atoms with E-state index >= 15 is 0 Å². The molecule has 1 aliphatic carbocycles. The number of halogens is 3. The van der Waals surface area contributed by atoms with E-state index in [4.69, 9.17) is 28.6 Å². The van der Waals surface area contributed by atoms with Crippen LogP contribution in [0.5, 0.6) is 11.5 Å². The number of nitrogens with one attached hydrogen (secondary N) is 2. The van der Waals surface area contributed by atoms with Gasteiger partial charge >= 0.3 is 6.36 Å². The summed E-state index contributed by atoms with van der Waals surface area (Å²) < 4.78 is 68.1. The Morgan fingerprint density at radius 1 is 0.631 bits per heavy atom. The Bertz CT molecular complexity index is 1930. The summed E-state index contributed by atoms with van der Waals surface area (Å²) in [5.74, 6) is -0.682. The van der Waals surface area contributed by atoms with Crippen molar-refractivity contribution in [3.05, 3.63) is 83.9 Å². The second-order valence-electron chi connectivity index (χ2n) is 16.5. The van der Waals surface area contributed by atoms with Gasteiger partial charge in [-0.1, -0.05) is 43.5 Å². The number of alkyl halides is 3. The molecule has 14 nitrogen and oxygen atoms in total. The van der Waals surface area contributed by atoms with Crippen molar-refractivity contribution in [3.63, 3.8) is 0 Å². The maximum absolute atomic E-state index is 12.7. The Hall–Kier alpha value is -3.63. The molecule has 4 atom stereocenters. The molecule has 0 radical (unpaired) electrons. The standard InChI is InChI=1S/C23H25F3N2O6S.C23H34N2O4S/c24-23(25,26)33-16-10-8-15(9-11-16)32-19-14-28(13-18(19)29)35-20-6-2-1-5-17(20)22(30)27-34-21-7-3-4-12-31-21;26-23(24-29-22-12-6-7-17-27-22)20-10-4-5-11-21(20)30-25-15-13-19(14-16-25)28-18-8-2-1-3-9-18/h1-2,5-6,8-11,18-19,21,29H,3-4,7,12-14H2,(H,27,30);4-5,10-11,18-19,22H,1-3,6-9,12-17H2,(H,24,26). The van der Waals surface area contributed by atoms with Crippen molar-refractivity contribution in [2.45, 2.75) is 137 Å². The van der Waals surface area contributed by atoms with Crippen LogP contribution < -0.4 is 20.4 Å². The number of aliphatic hydroxyl groups is 1. The van der Waals surface area contributed by atoms with Crippen LogP contribution in [0, 0.1) is 0 Å². The van der Waals surface area contributed by atoms with Crippen LogP contribution in [0.4, 0.5) is 13.2 Å². The number of hydroxylamine groups is 2. The van der Waals surface area contributed by atoms with Gasteiger partial charge < -0.3 is 28.8 Å². The lowest BCUT2D eigenvalue weighted by atomic mass is 9.97. The predicted molar refractivity (Wildman–Crippen MR) is 237 cm³/mol. The van der Waals surface area contributed by atoms with E-state index in [1.54, 1.807) is 36.2 Å². The molecule has 0 bridgehead atoms. The number of aliphatic hydroxyl groups excluding tert-OH is 1. The number of hydrogen-bond acceptors (Lipinski definition) is 14. The Morgan fingerprint density at radius 3 is 1.68 bits per heavy atom. The zero-order chi connectivity index (χ0) is 45.4. The Labute approximate surface area is 386 Å². The largest absolute Gasteiger partial charge is 0.573 e. The van der Waals surface area contributed by atoms with Crippen LogP contribution in [0.3, 0.4) is 0 Å². The summed E-state index contributed by atoms with van der Waals surface area (Å²) in [6.07, 6.45) is 7.97. The van der Waals surface area contributed by atoms with Crippen molar-refractivity contribution in [2.24, 2.45) is 0 Å². The highest BCUT2D eigenvalue weighted by Gasteiger charge is 2.35. The highest BCUT2D eigenvalue weighted by Crippen LogP contribution is 2.34. The van der Waals surface area contributed by atoms with E-state index < -0.39 is 30.8 Å². The highest BCUT2D eigenvalue weighted by atomic mass is 32.2.